The highest BCUT2D eigenvalue weighted by Crippen LogP contribution is 2.38. The van der Waals surface area contributed by atoms with Crippen LogP contribution in [-0.2, 0) is 0 Å². The fraction of sp³-hybridized carbons (Fsp3) is 1.00. The molecule has 2 aliphatic rings. The van der Waals surface area contributed by atoms with Gasteiger partial charge in [0, 0.05) is 49.8 Å². The molecule has 2 saturated heterocycles. The number of rotatable bonds is 1. The Morgan fingerprint density at radius 1 is 0.944 bits per heavy atom. The Bertz CT molecular complexity index is 285. The summed E-state index contributed by atoms with van der Waals surface area (Å²) in [4.78, 5) is 7.87. The van der Waals surface area contributed by atoms with E-state index in [1.807, 2.05) is 0 Å². The smallest absolute Gasteiger partial charge is 0.0314 e. The number of nitrogens with zero attached hydrogens (tertiary/aromatic N) is 3. The van der Waals surface area contributed by atoms with Crippen LogP contribution in [0, 0.1) is 0 Å². The maximum absolute atomic E-state index is 2.73. The van der Waals surface area contributed by atoms with Gasteiger partial charge in [-0.25, -0.2) is 0 Å². The number of hydrogen-bond acceptors (Lipinski definition) is 3. The van der Waals surface area contributed by atoms with Crippen molar-refractivity contribution in [2.45, 2.75) is 58.2 Å². The summed E-state index contributed by atoms with van der Waals surface area (Å²) in [7, 11) is 2.23. The predicted octanol–water partition coefficient (Wildman–Crippen LogP) is 1.89. The second-order valence-electron chi connectivity index (χ2n) is 7.62. The van der Waals surface area contributed by atoms with Crippen LogP contribution in [-0.4, -0.2) is 71.6 Å². The first-order valence-corrected chi connectivity index (χ1v) is 7.43. The minimum absolute atomic E-state index is 0.283. The van der Waals surface area contributed by atoms with Gasteiger partial charge in [0.05, 0.1) is 0 Å². The van der Waals surface area contributed by atoms with E-state index in [1.54, 1.807) is 0 Å². The lowest BCUT2D eigenvalue weighted by atomic mass is 9.90. The van der Waals surface area contributed by atoms with Crippen LogP contribution in [0.3, 0.4) is 0 Å². The van der Waals surface area contributed by atoms with Crippen molar-refractivity contribution in [1.29, 1.82) is 0 Å². The Kier molecular flexibility index (Phi) is 3.79. The molecule has 1 atom stereocenters. The third-order valence-corrected chi connectivity index (χ3v) is 4.93. The Labute approximate surface area is 113 Å². The first kappa shape index (κ1) is 14.3. The van der Waals surface area contributed by atoms with Crippen molar-refractivity contribution >= 4 is 0 Å². The largest absolute Gasteiger partial charge is 0.304 e. The van der Waals surface area contributed by atoms with Gasteiger partial charge < -0.3 is 4.90 Å². The molecular formula is C15H31N3. The van der Waals surface area contributed by atoms with Gasteiger partial charge in [-0.1, -0.05) is 0 Å². The minimum atomic E-state index is 0.283. The summed E-state index contributed by atoms with van der Waals surface area (Å²) in [5, 5.41) is 0. The summed E-state index contributed by atoms with van der Waals surface area (Å²) < 4.78 is 0. The Morgan fingerprint density at radius 2 is 1.50 bits per heavy atom. The van der Waals surface area contributed by atoms with Crippen molar-refractivity contribution in [2.24, 2.45) is 0 Å². The van der Waals surface area contributed by atoms with Crippen molar-refractivity contribution in [3.8, 4) is 0 Å². The van der Waals surface area contributed by atoms with Crippen LogP contribution < -0.4 is 0 Å². The molecular weight excluding hydrogens is 222 g/mol. The van der Waals surface area contributed by atoms with Gasteiger partial charge in [0.2, 0.25) is 0 Å². The van der Waals surface area contributed by atoms with Gasteiger partial charge >= 0.3 is 0 Å². The molecule has 0 N–H and O–H groups in total. The molecule has 0 aliphatic carbocycles. The van der Waals surface area contributed by atoms with Crippen molar-refractivity contribution in [1.82, 2.24) is 14.7 Å². The number of likely N-dealkylation sites (tertiary alicyclic amines) is 1. The quantitative estimate of drug-likeness (QED) is 0.706. The van der Waals surface area contributed by atoms with Crippen molar-refractivity contribution in [2.75, 3.05) is 39.8 Å². The zero-order valence-corrected chi connectivity index (χ0v) is 13.2. The van der Waals surface area contributed by atoms with Crippen molar-refractivity contribution < 1.29 is 0 Å². The van der Waals surface area contributed by atoms with E-state index in [0.29, 0.717) is 5.54 Å². The predicted molar refractivity (Wildman–Crippen MR) is 78.0 cm³/mol. The van der Waals surface area contributed by atoms with Crippen molar-refractivity contribution in [3.05, 3.63) is 0 Å². The molecule has 18 heavy (non-hydrogen) atoms. The molecule has 0 saturated carbocycles. The highest BCUT2D eigenvalue weighted by atomic mass is 15.4. The van der Waals surface area contributed by atoms with Crippen LogP contribution >= 0.6 is 0 Å². The molecule has 2 aliphatic heterocycles. The molecule has 0 bridgehead atoms. The summed E-state index contributed by atoms with van der Waals surface area (Å²) in [6.45, 7) is 18.1. The maximum Gasteiger partial charge on any atom is 0.0314 e. The van der Waals surface area contributed by atoms with Crippen LogP contribution in [0.25, 0.3) is 0 Å². The molecule has 0 radical (unpaired) electrons. The first-order valence-electron chi connectivity index (χ1n) is 7.43. The summed E-state index contributed by atoms with van der Waals surface area (Å²) >= 11 is 0. The second-order valence-corrected chi connectivity index (χ2v) is 7.62. The van der Waals surface area contributed by atoms with Crippen LogP contribution in [0.5, 0.6) is 0 Å². The normalized spacial score (nSPS) is 32.0. The zero-order chi connectivity index (χ0) is 13.6. The van der Waals surface area contributed by atoms with Crippen LogP contribution in [0.4, 0.5) is 0 Å². The number of hydrogen-bond donors (Lipinski definition) is 0. The van der Waals surface area contributed by atoms with Gasteiger partial charge in [-0.15, -0.1) is 0 Å². The van der Waals surface area contributed by atoms with Gasteiger partial charge in [-0.2, -0.15) is 0 Å². The third kappa shape index (κ3) is 2.59. The highest BCUT2D eigenvalue weighted by molar-refractivity contribution is 5.05. The van der Waals surface area contributed by atoms with Gasteiger partial charge in [0.1, 0.15) is 0 Å². The number of likely N-dealkylation sites (N-methyl/N-ethyl adjacent to an activating group) is 1. The van der Waals surface area contributed by atoms with E-state index in [-0.39, 0.29) is 5.54 Å². The Morgan fingerprint density at radius 3 is 1.94 bits per heavy atom. The van der Waals surface area contributed by atoms with E-state index in [4.69, 9.17) is 0 Å². The summed E-state index contributed by atoms with van der Waals surface area (Å²) in [6.07, 6.45) is 1.33. The average molecular weight is 253 g/mol. The van der Waals surface area contributed by atoms with Crippen molar-refractivity contribution in [3.63, 3.8) is 0 Å². The molecule has 0 aromatic carbocycles. The summed E-state index contributed by atoms with van der Waals surface area (Å²) in [5.74, 6) is 0. The van der Waals surface area contributed by atoms with Crippen LogP contribution in [0.2, 0.25) is 0 Å². The maximum atomic E-state index is 2.73. The second kappa shape index (κ2) is 4.77. The average Bonchev–Trinajstić information content (AvgIpc) is 2.54. The molecule has 0 aromatic rings. The zero-order valence-electron chi connectivity index (χ0n) is 13.2. The summed E-state index contributed by atoms with van der Waals surface area (Å²) in [5.41, 5.74) is 0.582. The Balaban J connectivity index is 2.07. The molecule has 0 spiro atoms. The van der Waals surface area contributed by atoms with E-state index in [0.717, 1.165) is 6.04 Å². The van der Waals surface area contributed by atoms with Gasteiger partial charge in [0.15, 0.2) is 0 Å². The molecule has 0 amide bonds. The van der Waals surface area contributed by atoms with Gasteiger partial charge in [-0.05, 0) is 48.1 Å². The van der Waals surface area contributed by atoms with Gasteiger partial charge in [-0.3, -0.25) is 9.80 Å². The third-order valence-electron chi connectivity index (χ3n) is 4.93. The fourth-order valence-corrected chi connectivity index (χ4v) is 4.04. The topological polar surface area (TPSA) is 9.72 Å². The van der Waals surface area contributed by atoms with Crippen LogP contribution in [0.1, 0.15) is 41.0 Å². The fourth-order valence-electron chi connectivity index (χ4n) is 4.04. The van der Waals surface area contributed by atoms with Crippen LogP contribution in [0.15, 0.2) is 0 Å². The van der Waals surface area contributed by atoms with E-state index in [2.05, 4.69) is 56.4 Å². The molecule has 1 unspecified atom stereocenters. The molecule has 2 fully saturated rings. The highest BCUT2D eigenvalue weighted by Gasteiger charge is 2.48. The lowest BCUT2D eigenvalue weighted by Crippen LogP contribution is -2.60. The lowest BCUT2D eigenvalue weighted by molar-refractivity contribution is 0.0100. The number of piperazine rings is 1. The van der Waals surface area contributed by atoms with E-state index in [1.165, 1.54) is 39.1 Å². The first-order chi connectivity index (χ1) is 8.23. The SMILES string of the molecule is CN1CCN(C2CCN(C(C)(C)C)C2(C)C)CC1. The molecule has 2 heterocycles. The summed E-state index contributed by atoms with van der Waals surface area (Å²) in [6, 6.07) is 0.727. The monoisotopic (exact) mass is 253 g/mol. The van der Waals surface area contributed by atoms with E-state index < -0.39 is 0 Å². The minimum Gasteiger partial charge on any atom is -0.304 e. The Hall–Kier alpha value is -0.120. The molecule has 2 rings (SSSR count). The lowest BCUT2D eigenvalue weighted by Gasteiger charge is -2.48. The van der Waals surface area contributed by atoms with Gasteiger partial charge in [0.25, 0.3) is 0 Å². The molecule has 3 nitrogen and oxygen atoms in total. The molecule has 0 aromatic heterocycles. The molecule has 3 heteroatoms. The van der Waals surface area contributed by atoms with E-state index in [9.17, 15) is 0 Å². The van der Waals surface area contributed by atoms with E-state index >= 15 is 0 Å². The standard InChI is InChI=1S/C15H31N3/c1-14(2,3)18-8-7-13(15(18,4)5)17-11-9-16(6)10-12-17/h13H,7-12H2,1-6H3. The molecule has 106 valence electrons.